The van der Waals surface area contributed by atoms with Gasteiger partial charge in [-0.05, 0) is 43.4 Å². The summed E-state index contributed by atoms with van der Waals surface area (Å²) < 4.78 is 25.5. The summed E-state index contributed by atoms with van der Waals surface area (Å²) >= 11 is 6.35. The lowest BCUT2D eigenvalue weighted by atomic mass is 9.73. The number of rotatable bonds is 7. The molecule has 6 rings (SSSR count). The molecule has 0 aromatic carbocycles. The molecular formula is C23H30ClN8O6P. The highest BCUT2D eigenvalue weighted by molar-refractivity contribution is 7.51. The van der Waals surface area contributed by atoms with Crippen molar-refractivity contribution < 1.29 is 28.6 Å². The SMILES string of the molecule is Cn1ccc(C(=O)N2CCCC3(C2)CN(c2nc(Cl)nc4c2cnn4C2CCC(COCP(=O)(O)O)O2)C3)n1. The van der Waals surface area contributed by atoms with Crippen molar-refractivity contribution in [1.82, 2.24) is 34.4 Å². The van der Waals surface area contributed by atoms with Gasteiger partial charge in [-0.1, -0.05) is 0 Å². The fourth-order valence-corrected chi connectivity index (χ4v) is 6.38. The highest BCUT2D eigenvalue weighted by Gasteiger charge is 2.48. The van der Waals surface area contributed by atoms with E-state index in [4.69, 9.17) is 30.9 Å². The van der Waals surface area contributed by atoms with Crippen LogP contribution in [0.2, 0.25) is 5.28 Å². The van der Waals surface area contributed by atoms with Crippen molar-refractivity contribution in [3.8, 4) is 0 Å². The Morgan fingerprint density at radius 3 is 2.85 bits per heavy atom. The van der Waals surface area contributed by atoms with Crippen LogP contribution in [-0.2, 0) is 21.1 Å². The molecule has 1 amide bonds. The molecule has 2 N–H and O–H groups in total. The van der Waals surface area contributed by atoms with E-state index >= 15 is 0 Å². The number of anilines is 1. The van der Waals surface area contributed by atoms with E-state index in [1.807, 2.05) is 4.90 Å². The minimum absolute atomic E-state index is 0.0165. The number of aromatic nitrogens is 6. The van der Waals surface area contributed by atoms with E-state index in [1.54, 1.807) is 34.9 Å². The van der Waals surface area contributed by atoms with E-state index in [9.17, 15) is 9.36 Å². The molecular weight excluding hydrogens is 551 g/mol. The molecule has 6 heterocycles. The molecule has 2 unspecified atom stereocenters. The topological polar surface area (TPSA) is 161 Å². The van der Waals surface area contributed by atoms with Gasteiger partial charge in [0.25, 0.3) is 5.91 Å². The molecule has 1 spiro atoms. The first kappa shape index (κ1) is 26.6. The van der Waals surface area contributed by atoms with Gasteiger partial charge >= 0.3 is 7.60 Å². The minimum Gasteiger partial charge on any atom is -0.366 e. The molecule has 0 radical (unpaired) electrons. The van der Waals surface area contributed by atoms with Crippen LogP contribution in [0.5, 0.6) is 0 Å². The second-order valence-corrected chi connectivity index (χ2v) is 12.6. The van der Waals surface area contributed by atoms with E-state index in [-0.39, 0.29) is 29.3 Å². The van der Waals surface area contributed by atoms with Crippen molar-refractivity contribution in [2.45, 2.75) is 38.0 Å². The molecule has 3 aromatic heterocycles. The fourth-order valence-electron chi connectivity index (χ4n) is 5.87. The van der Waals surface area contributed by atoms with Crippen molar-refractivity contribution in [2.75, 3.05) is 44.0 Å². The van der Waals surface area contributed by atoms with Gasteiger partial charge in [0, 0.05) is 44.8 Å². The third kappa shape index (κ3) is 5.41. The molecule has 210 valence electrons. The molecule has 14 nitrogen and oxygen atoms in total. The second-order valence-electron chi connectivity index (χ2n) is 10.7. The average molecular weight is 581 g/mol. The molecule has 0 saturated carbocycles. The van der Waals surface area contributed by atoms with Gasteiger partial charge in [-0.2, -0.15) is 20.2 Å². The first-order valence-electron chi connectivity index (χ1n) is 12.8. The molecule has 0 aliphatic carbocycles. The number of carbonyl (C=O) groups is 1. The summed E-state index contributed by atoms with van der Waals surface area (Å²) in [7, 11) is -2.42. The Balaban J connectivity index is 1.14. The lowest BCUT2D eigenvalue weighted by molar-refractivity contribution is -0.0391. The second kappa shape index (κ2) is 10.1. The van der Waals surface area contributed by atoms with Gasteiger partial charge in [-0.3, -0.25) is 14.0 Å². The van der Waals surface area contributed by atoms with Crippen LogP contribution >= 0.6 is 19.2 Å². The fraction of sp³-hybridized carbons (Fsp3) is 0.609. The quantitative estimate of drug-likeness (QED) is 0.309. The molecule has 16 heteroatoms. The Morgan fingerprint density at radius 2 is 2.10 bits per heavy atom. The van der Waals surface area contributed by atoms with Gasteiger partial charge in [0.1, 0.15) is 17.9 Å². The van der Waals surface area contributed by atoms with E-state index in [0.29, 0.717) is 36.5 Å². The smallest absolute Gasteiger partial charge is 0.350 e. The summed E-state index contributed by atoms with van der Waals surface area (Å²) in [5, 5.41) is 9.67. The van der Waals surface area contributed by atoms with Crippen LogP contribution in [0.3, 0.4) is 0 Å². The molecule has 3 saturated heterocycles. The predicted molar refractivity (Wildman–Crippen MR) is 139 cm³/mol. The molecule has 2 atom stereocenters. The number of halogens is 1. The van der Waals surface area contributed by atoms with Gasteiger partial charge in [-0.25, -0.2) is 4.68 Å². The Bertz CT molecular complexity index is 1440. The lowest BCUT2D eigenvalue weighted by Gasteiger charge is -2.55. The van der Waals surface area contributed by atoms with Crippen LogP contribution in [0.15, 0.2) is 18.5 Å². The largest absolute Gasteiger partial charge is 0.366 e. The van der Waals surface area contributed by atoms with Crippen molar-refractivity contribution >= 4 is 42.0 Å². The summed E-state index contributed by atoms with van der Waals surface area (Å²) in [6.45, 7) is 2.95. The Kier molecular flexibility index (Phi) is 6.89. The van der Waals surface area contributed by atoms with Crippen LogP contribution in [0.4, 0.5) is 5.82 Å². The molecule has 3 fully saturated rings. The van der Waals surface area contributed by atoms with Crippen LogP contribution in [0.25, 0.3) is 11.0 Å². The number of nitrogens with zero attached hydrogens (tertiary/aromatic N) is 8. The number of amides is 1. The highest BCUT2D eigenvalue weighted by atomic mass is 35.5. The van der Waals surface area contributed by atoms with E-state index in [2.05, 4.69) is 25.1 Å². The molecule has 0 bridgehead atoms. The Hall–Kier alpha value is -2.61. The first-order valence-corrected chi connectivity index (χ1v) is 15.0. The average Bonchev–Trinajstić information content (AvgIpc) is 3.60. The van der Waals surface area contributed by atoms with Crippen molar-refractivity contribution in [3.63, 3.8) is 0 Å². The third-order valence-electron chi connectivity index (χ3n) is 7.56. The van der Waals surface area contributed by atoms with Crippen molar-refractivity contribution in [3.05, 3.63) is 29.4 Å². The number of fused-ring (bicyclic) bond motifs is 1. The summed E-state index contributed by atoms with van der Waals surface area (Å²) in [6.07, 6.45) is 5.39. The molecule has 3 aromatic rings. The molecule has 3 aliphatic heterocycles. The maximum atomic E-state index is 13.0. The number of hydrogen-bond acceptors (Lipinski definition) is 9. The number of likely N-dealkylation sites (tertiary alicyclic amines) is 1. The van der Waals surface area contributed by atoms with Crippen molar-refractivity contribution in [2.24, 2.45) is 12.5 Å². The number of aryl methyl sites for hydroxylation is 1. The Morgan fingerprint density at radius 1 is 1.28 bits per heavy atom. The highest BCUT2D eigenvalue weighted by Crippen LogP contribution is 2.43. The minimum atomic E-state index is -4.23. The van der Waals surface area contributed by atoms with Gasteiger partial charge in [-0.15, -0.1) is 0 Å². The third-order valence-corrected chi connectivity index (χ3v) is 8.25. The van der Waals surface area contributed by atoms with Crippen LogP contribution in [0, 0.1) is 5.41 Å². The van der Waals surface area contributed by atoms with Crippen molar-refractivity contribution in [1.29, 1.82) is 0 Å². The zero-order valence-corrected chi connectivity index (χ0v) is 23.0. The zero-order valence-electron chi connectivity index (χ0n) is 21.4. The van der Waals surface area contributed by atoms with Gasteiger partial charge in [0.2, 0.25) is 5.28 Å². The maximum Gasteiger partial charge on any atom is 0.350 e. The van der Waals surface area contributed by atoms with E-state index < -0.39 is 20.2 Å². The monoisotopic (exact) mass is 580 g/mol. The number of hydrogen-bond donors (Lipinski definition) is 2. The standard InChI is InChI=1S/C23H30ClN8O6P/c1-29-8-5-17(28-29)21(33)30-7-2-6-23(11-30)12-31(13-23)19-16-9-25-32(20(16)27-22(24)26-19)18-4-3-15(38-18)10-37-14-39(34,35)36/h5,8-9,15,18H,2-4,6-7,10-14H2,1H3,(H2,34,35,36). The van der Waals surface area contributed by atoms with Crippen LogP contribution in [0.1, 0.15) is 42.4 Å². The van der Waals surface area contributed by atoms with Gasteiger partial charge in [0.05, 0.1) is 24.3 Å². The number of piperidine rings is 1. The van der Waals surface area contributed by atoms with E-state index in [1.165, 1.54) is 0 Å². The maximum absolute atomic E-state index is 13.0. The number of ether oxygens (including phenoxy) is 2. The number of carbonyl (C=O) groups excluding carboxylic acids is 1. The predicted octanol–water partition coefficient (Wildman–Crippen LogP) is 1.79. The summed E-state index contributed by atoms with van der Waals surface area (Å²) in [6, 6.07) is 1.75. The van der Waals surface area contributed by atoms with Crippen LogP contribution < -0.4 is 4.90 Å². The van der Waals surface area contributed by atoms with Crippen LogP contribution in [-0.4, -0.2) is 95.4 Å². The van der Waals surface area contributed by atoms with E-state index in [0.717, 1.165) is 37.9 Å². The zero-order chi connectivity index (χ0) is 27.4. The summed E-state index contributed by atoms with van der Waals surface area (Å²) in [4.78, 5) is 44.0. The van der Waals surface area contributed by atoms with Gasteiger partial charge < -0.3 is 29.1 Å². The Labute approximate surface area is 229 Å². The lowest BCUT2D eigenvalue weighted by Crippen LogP contribution is -2.64. The first-order chi connectivity index (χ1) is 18.6. The molecule has 39 heavy (non-hydrogen) atoms. The normalized spacial score (nSPS) is 23.1. The summed E-state index contributed by atoms with van der Waals surface area (Å²) in [5.41, 5.74) is 1.01. The summed E-state index contributed by atoms with van der Waals surface area (Å²) in [5.74, 6) is 0.665. The van der Waals surface area contributed by atoms with Gasteiger partial charge in [0.15, 0.2) is 11.9 Å². The molecule has 3 aliphatic rings.